The summed E-state index contributed by atoms with van der Waals surface area (Å²) in [5, 5.41) is 77.2. The molecule has 2 aliphatic heterocycles. The first-order valence-electron chi connectivity index (χ1n) is 15.0. The number of aliphatic hydroxyl groups excluding tert-OH is 6. The zero-order valence-corrected chi connectivity index (χ0v) is 26.1. The molecule has 0 spiro atoms. The standard InChI is InChI=1S/C29H44N6O12/c1-11-9-35(21(22(11)40)25(31)43)29(47)19(13(3)37)32-27(45)20(24(42)23(41)14-4-6-15(38)7-5-14)33-26(44)17-8-16(39)10-34(17)28(46)18(30)12(2)36/h4-7,11-13,16-24,36-42H,8-10,30H2,1-3H3,(H2,31,43)(H,32,45)(H,33,44)/t11?,12?,13-,16?,17?,18?,19?,20?,21?,22?,23?,24?/m0/s1. The van der Waals surface area contributed by atoms with Crippen molar-refractivity contribution < 1.29 is 59.7 Å². The molecule has 13 N–H and O–H groups in total. The number of rotatable bonds is 12. The number of carbonyl (C=O) groups is 5. The quantitative estimate of drug-likeness (QED) is 0.0992. The Kier molecular flexibility index (Phi) is 12.2. The van der Waals surface area contributed by atoms with Crippen molar-refractivity contribution in [3.63, 3.8) is 0 Å². The highest BCUT2D eigenvalue weighted by molar-refractivity contribution is 5.97. The number of likely N-dealkylation sites (tertiary alicyclic amines) is 2. The molecule has 2 aliphatic rings. The van der Waals surface area contributed by atoms with E-state index in [1.807, 2.05) is 0 Å². The van der Waals surface area contributed by atoms with E-state index in [2.05, 4.69) is 10.6 Å². The third-order valence-corrected chi connectivity index (χ3v) is 8.50. The number of aliphatic hydroxyl groups is 6. The average Bonchev–Trinajstić information content (AvgIpc) is 3.55. The summed E-state index contributed by atoms with van der Waals surface area (Å²) < 4.78 is 0. The predicted octanol–water partition coefficient (Wildman–Crippen LogP) is -5.50. The van der Waals surface area contributed by atoms with Crippen LogP contribution in [0.3, 0.4) is 0 Å². The van der Waals surface area contributed by atoms with Crippen LogP contribution in [0.1, 0.15) is 38.9 Å². The van der Waals surface area contributed by atoms with E-state index in [4.69, 9.17) is 11.5 Å². The summed E-state index contributed by atoms with van der Waals surface area (Å²) in [6.07, 6.45) is -9.78. The van der Waals surface area contributed by atoms with Crippen LogP contribution >= 0.6 is 0 Å². The molecule has 18 heteroatoms. The lowest BCUT2D eigenvalue weighted by Crippen LogP contribution is -2.63. The number of β-amino-alcohol motifs (C(OH)–C–C–N with tert-alkyl or cyclic N) is 1. The molecule has 3 rings (SSSR count). The van der Waals surface area contributed by atoms with Crippen molar-refractivity contribution in [1.82, 2.24) is 20.4 Å². The first kappa shape index (κ1) is 37.5. The van der Waals surface area contributed by atoms with Gasteiger partial charge in [0.1, 0.15) is 48.2 Å². The monoisotopic (exact) mass is 668 g/mol. The van der Waals surface area contributed by atoms with E-state index in [9.17, 15) is 59.7 Å². The second-order valence-corrected chi connectivity index (χ2v) is 12.2. The summed E-state index contributed by atoms with van der Waals surface area (Å²) in [5.74, 6) is -6.05. The number of hydrogen-bond acceptors (Lipinski definition) is 13. The summed E-state index contributed by atoms with van der Waals surface area (Å²) >= 11 is 0. The lowest BCUT2D eigenvalue weighted by atomic mass is 9.96. The number of phenols is 1. The number of primary amides is 1. The topological polar surface area (TPSA) is 310 Å². The Morgan fingerprint density at radius 1 is 0.872 bits per heavy atom. The fraction of sp³-hybridized carbons (Fsp3) is 0.621. The van der Waals surface area contributed by atoms with Gasteiger partial charge < -0.3 is 67.6 Å². The summed E-state index contributed by atoms with van der Waals surface area (Å²) in [6, 6.07) is -3.39. The molecule has 2 saturated heterocycles. The van der Waals surface area contributed by atoms with Gasteiger partial charge in [0.2, 0.25) is 29.5 Å². The second-order valence-electron chi connectivity index (χ2n) is 12.2. The fourth-order valence-electron chi connectivity index (χ4n) is 5.70. The average molecular weight is 669 g/mol. The minimum atomic E-state index is -2.14. The minimum absolute atomic E-state index is 0.00541. The van der Waals surface area contributed by atoms with E-state index >= 15 is 0 Å². The minimum Gasteiger partial charge on any atom is -0.508 e. The number of amides is 5. The van der Waals surface area contributed by atoms with Crippen molar-refractivity contribution in [1.29, 1.82) is 0 Å². The molecule has 11 unspecified atom stereocenters. The van der Waals surface area contributed by atoms with Gasteiger partial charge in [0.25, 0.3) is 0 Å². The number of phenolic OH excluding ortho intramolecular Hbond substituents is 1. The Bertz CT molecular complexity index is 1310. The number of hydrogen-bond donors (Lipinski definition) is 11. The van der Waals surface area contributed by atoms with Gasteiger partial charge >= 0.3 is 0 Å². The Morgan fingerprint density at radius 2 is 1.47 bits per heavy atom. The Labute approximate surface area is 269 Å². The fourth-order valence-corrected chi connectivity index (χ4v) is 5.70. The lowest BCUT2D eigenvalue weighted by Gasteiger charge is -2.33. The van der Waals surface area contributed by atoms with E-state index in [-0.39, 0.29) is 30.8 Å². The third kappa shape index (κ3) is 8.33. The van der Waals surface area contributed by atoms with Gasteiger partial charge in [-0.2, -0.15) is 0 Å². The van der Waals surface area contributed by atoms with E-state index in [0.29, 0.717) is 0 Å². The van der Waals surface area contributed by atoms with Crippen LogP contribution in [-0.2, 0) is 24.0 Å². The van der Waals surface area contributed by atoms with Gasteiger partial charge in [-0.05, 0) is 31.5 Å². The Morgan fingerprint density at radius 3 is 2.00 bits per heavy atom. The highest BCUT2D eigenvalue weighted by atomic mass is 16.3. The van der Waals surface area contributed by atoms with Crippen LogP contribution in [0, 0.1) is 5.92 Å². The SMILES string of the molecule is CC(O)C(N)C(=O)N1CC(O)CC1C(=O)NC(C(=O)NC(C(=O)N1CC(C)C(O)C1C(N)=O)[C@H](C)O)C(O)C(O)c1ccc(O)cc1. The van der Waals surface area contributed by atoms with E-state index in [0.717, 1.165) is 16.7 Å². The van der Waals surface area contributed by atoms with Crippen LogP contribution in [-0.4, -0.2) is 149 Å². The molecule has 5 amide bonds. The number of benzene rings is 1. The molecule has 2 heterocycles. The third-order valence-electron chi connectivity index (χ3n) is 8.50. The van der Waals surface area contributed by atoms with Gasteiger partial charge in [0.15, 0.2) is 0 Å². The van der Waals surface area contributed by atoms with Gasteiger partial charge in [-0.15, -0.1) is 0 Å². The van der Waals surface area contributed by atoms with Crippen molar-refractivity contribution in [2.45, 2.75) is 94.0 Å². The number of nitrogens with zero attached hydrogens (tertiary/aromatic N) is 2. The molecular weight excluding hydrogens is 624 g/mol. The largest absolute Gasteiger partial charge is 0.508 e. The molecule has 2 fully saturated rings. The first-order chi connectivity index (χ1) is 21.9. The molecule has 18 nitrogen and oxygen atoms in total. The highest BCUT2D eigenvalue weighted by Gasteiger charge is 2.48. The van der Waals surface area contributed by atoms with Crippen molar-refractivity contribution in [2.24, 2.45) is 17.4 Å². The molecule has 0 aromatic heterocycles. The van der Waals surface area contributed by atoms with Crippen molar-refractivity contribution >= 4 is 29.5 Å². The molecule has 1 aromatic carbocycles. The molecule has 0 radical (unpaired) electrons. The maximum Gasteiger partial charge on any atom is 0.248 e. The smallest absolute Gasteiger partial charge is 0.248 e. The lowest BCUT2D eigenvalue weighted by molar-refractivity contribution is -0.147. The van der Waals surface area contributed by atoms with Crippen molar-refractivity contribution in [2.75, 3.05) is 13.1 Å². The van der Waals surface area contributed by atoms with Gasteiger partial charge in [0.05, 0.1) is 24.4 Å². The van der Waals surface area contributed by atoms with E-state index < -0.39 is 102 Å². The highest BCUT2D eigenvalue weighted by Crippen LogP contribution is 2.26. The van der Waals surface area contributed by atoms with Crippen molar-refractivity contribution in [3.05, 3.63) is 29.8 Å². The molecule has 12 atom stereocenters. The number of nitrogens with two attached hydrogens (primary N) is 2. The molecule has 0 saturated carbocycles. The zero-order chi connectivity index (χ0) is 35.5. The number of aromatic hydroxyl groups is 1. The summed E-state index contributed by atoms with van der Waals surface area (Å²) in [6.45, 7) is 3.45. The normalized spacial score (nSPS) is 27.2. The van der Waals surface area contributed by atoms with Crippen LogP contribution in [0.5, 0.6) is 5.75 Å². The van der Waals surface area contributed by atoms with Crippen molar-refractivity contribution in [3.8, 4) is 5.75 Å². The Hall–Kier alpha value is -3.91. The molecule has 0 bridgehead atoms. The van der Waals surface area contributed by atoms with Crippen LogP contribution in [0.25, 0.3) is 0 Å². The predicted molar refractivity (Wildman–Crippen MR) is 160 cm³/mol. The molecule has 262 valence electrons. The molecule has 0 aliphatic carbocycles. The summed E-state index contributed by atoms with van der Waals surface area (Å²) in [5.41, 5.74) is 11.2. The maximum atomic E-state index is 13.7. The van der Waals surface area contributed by atoms with Crippen LogP contribution in [0.2, 0.25) is 0 Å². The van der Waals surface area contributed by atoms with Crippen LogP contribution in [0.4, 0.5) is 0 Å². The first-order valence-corrected chi connectivity index (χ1v) is 15.0. The van der Waals surface area contributed by atoms with Gasteiger partial charge in [-0.3, -0.25) is 24.0 Å². The zero-order valence-electron chi connectivity index (χ0n) is 26.1. The summed E-state index contributed by atoms with van der Waals surface area (Å²) in [7, 11) is 0. The van der Waals surface area contributed by atoms with Gasteiger partial charge in [0, 0.05) is 25.4 Å². The molecular formula is C29H44N6O12. The number of nitrogens with one attached hydrogen (secondary N) is 2. The molecule has 47 heavy (non-hydrogen) atoms. The van der Waals surface area contributed by atoms with E-state index in [1.54, 1.807) is 6.92 Å². The van der Waals surface area contributed by atoms with Gasteiger partial charge in [-0.1, -0.05) is 19.1 Å². The van der Waals surface area contributed by atoms with Gasteiger partial charge in [-0.25, -0.2) is 0 Å². The van der Waals surface area contributed by atoms with E-state index in [1.165, 1.54) is 31.2 Å². The maximum absolute atomic E-state index is 13.7. The summed E-state index contributed by atoms with van der Waals surface area (Å²) in [4.78, 5) is 67.6. The van der Waals surface area contributed by atoms with Crippen LogP contribution in [0.15, 0.2) is 24.3 Å². The molecule has 1 aromatic rings. The Balaban J connectivity index is 1.94. The second kappa shape index (κ2) is 15.3. The van der Waals surface area contributed by atoms with Crippen LogP contribution < -0.4 is 22.1 Å². The number of carbonyl (C=O) groups excluding carboxylic acids is 5.